The molecular weight excluding hydrogens is 462 g/mol. The summed E-state index contributed by atoms with van der Waals surface area (Å²) in [5, 5.41) is 1.93. The van der Waals surface area contributed by atoms with Crippen LogP contribution in [-0.4, -0.2) is 32.1 Å². The second-order valence-electron chi connectivity index (χ2n) is 9.64. The molecule has 0 unspecified atom stereocenters. The van der Waals surface area contributed by atoms with E-state index < -0.39 is 0 Å². The van der Waals surface area contributed by atoms with Crippen molar-refractivity contribution in [2.45, 2.75) is 38.6 Å². The first-order chi connectivity index (χ1) is 18.1. The fourth-order valence-corrected chi connectivity index (χ4v) is 5.51. The Morgan fingerprint density at radius 2 is 1.78 bits per heavy atom. The summed E-state index contributed by atoms with van der Waals surface area (Å²) in [5.41, 5.74) is 12.2. The Labute approximate surface area is 215 Å². The lowest BCUT2D eigenvalue weighted by molar-refractivity contribution is -0.149. The highest BCUT2D eigenvalue weighted by Gasteiger charge is 2.29. The smallest absolute Gasteiger partial charge is 0.308 e. The number of carbonyl (C=O) groups is 1. The maximum Gasteiger partial charge on any atom is 0.308 e. The van der Waals surface area contributed by atoms with Crippen LogP contribution in [0.15, 0.2) is 73.2 Å². The van der Waals surface area contributed by atoms with E-state index in [-0.39, 0.29) is 17.9 Å². The van der Waals surface area contributed by atoms with Crippen molar-refractivity contribution < 1.29 is 9.53 Å². The van der Waals surface area contributed by atoms with Crippen LogP contribution in [-0.2, 0) is 9.53 Å². The van der Waals surface area contributed by atoms with Gasteiger partial charge in [0.1, 0.15) is 17.8 Å². The van der Waals surface area contributed by atoms with Gasteiger partial charge in [-0.1, -0.05) is 48.5 Å². The predicted molar refractivity (Wildman–Crippen MR) is 146 cm³/mol. The lowest BCUT2D eigenvalue weighted by atomic mass is 9.86. The molecule has 5 aromatic rings. The number of fused-ring (bicyclic) bond motifs is 2. The van der Waals surface area contributed by atoms with Gasteiger partial charge in [0, 0.05) is 28.8 Å². The predicted octanol–water partition coefficient (Wildman–Crippen LogP) is 6.19. The molecule has 6 rings (SSSR count). The number of nitrogen functional groups attached to an aromatic ring is 1. The third-order valence-electron chi connectivity index (χ3n) is 7.42. The number of hydrogen-bond acceptors (Lipinski definition) is 6. The van der Waals surface area contributed by atoms with E-state index in [2.05, 4.69) is 63.2 Å². The third-order valence-corrected chi connectivity index (χ3v) is 7.42. The maximum atomic E-state index is 12.2. The van der Waals surface area contributed by atoms with Gasteiger partial charge in [0.15, 0.2) is 0 Å². The Bertz CT molecular complexity index is 1590. The maximum absolute atomic E-state index is 12.2. The van der Waals surface area contributed by atoms with Crippen molar-refractivity contribution in [1.29, 1.82) is 0 Å². The molecule has 7 heteroatoms. The summed E-state index contributed by atoms with van der Waals surface area (Å²) in [7, 11) is 0. The average molecular weight is 492 g/mol. The fraction of sp³-hybridized carbons (Fsp3) is 0.267. The minimum Gasteiger partial charge on any atom is -0.466 e. The van der Waals surface area contributed by atoms with Gasteiger partial charge < -0.3 is 15.0 Å². The van der Waals surface area contributed by atoms with Crippen LogP contribution >= 0.6 is 0 Å². The molecular formula is C30H29N5O2. The summed E-state index contributed by atoms with van der Waals surface area (Å²) >= 11 is 0. The Morgan fingerprint density at radius 1 is 1.00 bits per heavy atom. The van der Waals surface area contributed by atoms with Gasteiger partial charge in [0.2, 0.25) is 0 Å². The first kappa shape index (κ1) is 23.2. The molecule has 1 saturated carbocycles. The quantitative estimate of drug-likeness (QED) is 0.295. The lowest BCUT2D eigenvalue weighted by Gasteiger charge is -2.28. The highest BCUT2D eigenvalue weighted by Crippen LogP contribution is 2.40. The molecule has 3 aromatic heterocycles. The van der Waals surface area contributed by atoms with Crippen LogP contribution in [0, 0.1) is 5.92 Å². The zero-order chi connectivity index (χ0) is 25.4. The number of benzene rings is 2. The highest BCUT2D eigenvalue weighted by atomic mass is 16.5. The van der Waals surface area contributed by atoms with E-state index in [1.165, 1.54) is 6.33 Å². The minimum absolute atomic E-state index is 0.0254. The normalized spacial score (nSPS) is 17.8. The molecule has 1 fully saturated rings. The van der Waals surface area contributed by atoms with Crippen LogP contribution in [0.2, 0.25) is 0 Å². The topological polar surface area (TPSA) is 95.9 Å². The van der Waals surface area contributed by atoms with Gasteiger partial charge >= 0.3 is 5.97 Å². The van der Waals surface area contributed by atoms with Gasteiger partial charge in [-0.25, -0.2) is 15.0 Å². The van der Waals surface area contributed by atoms with Crippen LogP contribution in [0.1, 0.15) is 38.6 Å². The Hall–Kier alpha value is -4.26. The van der Waals surface area contributed by atoms with Gasteiger partial charge in [0.05, 0.1) is 29.1 Å². The van der Waals surface area contributed by atoms with Crippen molar-refractivity contribution >= 4 is 33.7 Å². The molecule has 0 aliphatic heterocycles. The summed E-state index contributed by atoms with van der Waals surface area (Å²) in [6, 6.07) is 20.9. The molecule has 0 amide bonds. The molecule has 186 valence electrons. The number of aromatic nitrogens is 4. The molecule has 2 N–H and O–H groups in total. The molecule has 0 radical (unpaired) electrons. The first-order valence-electron chi connectivity index (χ1n) is 12.9. The molecule has 37 heavy (non-hydrogen) atoms. The third kappa shape index (κ3) is 4.31. The van der Waals surface area contributed by atoms with E-state index in [1.54, 1.807) is 0 Å². The molecule has 1 aliphatic rings. The van der Waals surface area contributed by atoms with Crippen LogP contribution in [0.3, 0.4) is 0 Å². The van der Waals surface area contributed by atoms with E-state index in [1.807, 2.05) is 25.1 Å². The van der Waals surface area contributed by atoms with Crippen molar-refractivity contribution in [3.8, 4) is 22.4 Å². The largest absolute Gasteiger partial charge is 0.466 e. The zero-order valence-corrected chi connectivity index (χ0v) is 20.8. The number of esters is 1. The minimum atomic E-state index is -0.0795. The van der Waals surface area contributed by atoms with Crippen molar-refractivity contribution in [3.63, 3.8) is 0 Å². The molecule has 2 aromatic carbocycles. The van der Waals surface area contributed by atoms with Crippen LogP contribution < -0.4 is 5.73 Å². The molecule has 3 heterocycles. The number of pyridine rings is 1. The standard InChI is InChI=1S/C30H29N5O2/c1-2-37-30(36)21-10-13-23(14-11-21)35-17-24(27-28(31)32-18-33-29(27)35)22-9-8-20-12-15-25(34-26(20)16-22)19-6-4-3-5-7-19/h3-9,12,15-18,21,23H,2,10-11,13-14H2,1H3,(H2,31,32,33)/t21-,23+. The van der Waals surface area contributed by atoms with E-state index in [4.69, 9.17) is 15.5 Å². The van der Waals surface area contributed by atoms with Crippen LogP contribution in [0.5, 0.6) is 0 Å². The molecule has 1 aliphatic carbocycles. The van der Waals surface area contributed by atoms with Crippen LogP contribution in [0.25, 0.3) is 44.3 Å². The molecule has 0 saturated heterocycles. The van der Waals surface area contributed by atoms with Gasteiger partial charge in [-0.15, -0.1) is 0 Å². The number of rotatable bonds is 5. The second-order valence-corrected chi connectivity index (χ2v) is 9.64. The number of carbonyl (C=O) groups excluding carboxylic acids is 1. The lowest BCUT2D eigenvalue weighted by Crippen LogP contribution is -2.25. The summed E-state index contributed by atoms with van der Waals surface area (Å²) < 4.78 is 7.48. The van der Waals surface area contributed by atoms with Crippen molar-refractivity contribution in [3.05, 3.63) is 73.2 Å². The van der Waals surface area contributed by atoms with Crippen LogP contribution in [0.4, 0.5) is 5.82 Å². The monoisotopic (exact) mass is 491 g/mol. The molecule has 7 nitrogen and oxygen atoms in total. The summed E-state index contributed by atoms with van der Waals surface area (Å²) in [6.45, 7) is 2.28. The van der Waals surface area contributed by atoms with Gasteiger partial charge in [-0.2, -0.15) is 0 Å². The van der Waals surface area contributed by atoms with E-state index in [9.17, 15) is 4.79 Å². The number of hydrogen-bond donors (Lipinski definition) is 1. The number of anilines is 1. The van der Waals surface area contributed by atoms with Crippen molar-refractivity contribution in [2.75, 3.05) is 12.3 Å². The van der Waals surface area contributed by atoms with Crippen molar-refractivity contribution in [1.82, 2.24) is 19.5 Å². The number of nitrogens with zero attached hydrogens (tertiary/aromatic N) is 4. The highest BCUT2D eigenvalue weighted by molar-refractivity contribution is 6.02. The SMILES string of the molecule is CCOC(=O)[C@H]1CC[C@@H](n2cc(-c3ccc4ccc(-c5ccccc5)nc4c3)c3c(N)ncnc32)CC1. The van der Waals surface area contributed by atoms with Crippen molar-refractivity contribution in [2.24, 2.45) is 5.92 Å². The summed E-state index contributed by atoms with van der Waals surface area (Å²) in [4.78, 5) is 26.1. The number of nitrogens with two attached hydrogens (primary N) is 1. The zero-order valence-electron chi connectivity index (χ0n) is 20.8. The first-order valence-corrected chi connectivity index (χ1v) is 12.9. The molecule has 0 spiro atoms. The summed E-state index contributed by atoms with van der Waals surface area (Å²) in [5.74, 6) is 0.358. The molecule has 0 bridgehead atoms. The summed E-state index contributed by atoms with van der Waals surface area (Å²) in [6.07, 6.45) is 7.05. The van der Waals surface area contributed by atoms with E-state index in [0.717, 1.165) is 70.0 Å². The Balaban J connectivity index is 1.39. The van der Waals surface area contributed by atoms with E-state index >= 15 is 0 Å². The van der Waals surface area contributed by atoms with Gasteiger partial charge in [0.25, 0.3) is 0 Å². The van der Waals surface area contributed by atoms with Gasteiger partial charge in [-0.05, 0) is 50.3 Å². The number of ether oxygens (including phenoxy) is 1. The Kier molecular flexibility index (Phi) is 6.04. The second kappa shape index (κ2) is 9.65. The fourth-order valence-electron chi connectivity index (χ4n) is 5.51. The average Bonchev–Trinajstić information content (AvgIpc) is 3.34. The molecule has 0 atom stereocenters. The Morgan fingerprint density at radius 3 is 2.57 bits per heavy atom. The van der Waals surface area contributed by atoms with E-state index in [0.29, 0.717) is 12.4 Å². The van der Waals surface area contributed by atoms with Gasteiger partial charge in [-0.3, -0.25) is 4.79 Å².